The van der Waals surface area contributed by atoms with Crippen LogP contribution in [0, 0.1) is 0 Å². The van der Waals surface area contributed by atoms with E-state index in [-0.39, 0.29) is 11.7 Å². The highest BCUT2D eigenvalue weighted by molar-refractivity contribution is 7.91. The maximum atomic E-state index is 11.6. The van der Waals surface area contributed by atoms with Crippen LogP contribution in [0.4, 0.5) is 5.69 Å². The summed E-state index contributed by atoms with van der Waals surface area (Å²) in [5.41, 5.74) is 6.94. The lowest BCUT2D eigenvalue weighted by Crippen LogP contribution is -2.00. The number of hydrogen-bond donors (Lipinski definition) is 1. The average molecular weight is 197 g/mol. The van der Waals surface area contributed by atoms with Gasteiger partial charge in [-0.05, 0) is 23.6 Å². The van der Waals surface area contributed by atoms with Gasteiger partial charge in [0.25, 0.3) is 0 Å². The predicted octanol–water partition coefficient (Wildman–Crippen LogP) is 1.16. The Hall–Kier alpha value is -1.03. The first-order valence-electron chi connectivity index (χ1n) is 4.13. The molecule has 0 aromatic heterocycles. The third-order valence-electron chi connectivity index (χ3n) is 2.37. The van der Waals surface area contributed by atoms with E-state index in [1.54, 1.807) is 18.2 Å². The van der Waals surface area contributed by atoms with Crippen molar-refractivity contribution < 1.29 is 8.42 Å². The number of nitrogen functional groups attached to an aromatic ring is 1. The van der Waals surface area contributed by atoms with E-state index in [1.807, 2.05) is 6.92 Å². The zero-order chi connectivity index (χ0) is 9.64. The van der Waals surface area contributed by atoms with Gasteiger partial charge in [-0.25, -0.2) is 8.42 Å². The van der Waals surface area contributed by atoms with Gasteiger partial charge in [-0.15, -0.1) is 0 Å². The van der Waals surface area contributed by atoms with Crippen LogP contribution >= 0.6 is 0 Å². The molecular formula is C9H11NO2S. The van der Waals surface area contributed by atoms with Crippen molar-refractivity contribution in [3.63, 3.8) is 0 Å². The van der Waals surface area contributed by atoms with Crippen LogP contribution in [-0.4, -0.2) is 14.2 Å². The van der Waals surface area contributed by atoms with E-state index >= 15 is 0 Å². The van der Waals surface area contributed by atoms with Crippen LogP contribution in [-0.2, 0) is 9.84 Å². The minimum atomic E-state index is -3.06. The Morgan fingerprint density at radius 3 is 2.85 bits per heavy atom. The summed E-state index contributed by atoms with van der Waals surface area (Å²) >= 11 is 0. The predicted molar refractivity (Wildman–Crippen MR) is 51.3 cm³/mol. The second kappa shape index (κ2) is 2.48. The number of nitrogens with two attached hydrogens (primary N) is 1. The minimum absolute atomic E-state index is 0.0978. The average Bonchev–Trinajstić information content (AvgIpc) is 2.23. The smallest absolute Gasteiger partial charge is 0.179 e. The van der Waals surface area contributed by atoms with E-state index in [1.165, 1.54) is 0 Å². The monoisotopic (exact) mass is 197 g/mol. The maximum Gasteiger partial charge on any atom is 0.179 e. The van der Waals surface area contributed by atoms with Crippen LogP contribution in [0.3, 0.4) is 0 Å². The molecule has 0 fully saturated rings. The van der Waals surface area contributed by atoms with E-state index in [4.69, 9.17) is 5.73 Å². The van der Waals surface area contributed by atoms with Crippen molar-refractivity contribution in [2.75, 3.05) is 11.5 Å². The Balaban J connectivity index is 2.74. The summed E-state index contributed by atoms with van der Waals surface area (Å²) < 4.78 is 23.1. The molecule has 0 aliphatic carbocycles. The van der Waals surface area contributed by atoms with Gasteiger partial charge in [0.15, 0.2) is 9.84 Å². The maximum absolute atomic E-state index is 11.6. The Labute approximate surface area is 77.5 Å². The molecule has 1 aliphatic rings. The molecule has 2 N–H and O–H groups in total. The number of sulfone groups is 1. The third kappa shape index (κ3) is 1.21. The summed E-state index contributed by atoms with van der Waals surface area (Å²) in [6.07, 6.45) is 0. The minimum Gasteiger partial charge on any atom is -0.399 e. The summed E-state index contributed by atoms with van der Waals surface area (Å²) in [5.74, 6) is 0.312. The molecular weight excluding hydrogens is 186 g/mol. The van der Waals surface area contributed by atoms with Crippen molar-refractivity contribution in [3.8, 4) is 0 Å². The molecule has 1 heterocycles. The van der Waals surface area contributed by atoms with Crippen LogP contribution in [0.25, 0.3) is 0 Å². The molecule has 4 heteroatoms. The first-order valence-corrected chi connectivity index (χ1v) is 5.78. The van der Waals surface area contributed by atoms with E-state index in [0.717, 1.165) is 5.56 Å². The fraction of sp³-hybridized carbons (Fsp3) is 0.333. The molecule has 0 spiro atoms. The molecule has 0 amide bonds. The molecule has 2 rings (SSSR count). The standard InChI is InChI=1S/C9H11NO2S/c1-6-5-13(11,12)9-4-7(10)2-3-8(6)9/h2-4,6H,5,10H2,1H3. The number of benzene rings is 1. The Kier molecular flexibility index (Phi) is 1.63. The number of hydrogen-bond acceptors (Lipinski definition) is 3. The number of rotatable bonds is 0. The van der Waals surface area contributed by atoms with Gasteiger partial charge in [0.2, 0.25) is 0 Å². The van der Waals surface area contributed by atoms with Crippen LogP contribution in [0.15, 0.2) is 23.1 Å². The van der Waals surface area contributed by atoms with Crippen molar-refractivity contribution in [1.82, 2.24) is 0 Å². The summed E-state index contributed by atoms with van der Waals surface area (Å²) in [6, 6.07) is 5.10. The van der Waals surface area contributed by atoms with Crippen molar-refractivity contribution in [2.45, 2.75) is 17.7 Å². The third-order valence-corrected chi connectivity index (χ3v) is 4.34. The fourth-order valence-electron chi connectivity index (χ4n) is 1.74. The molecule has 0 radical (unpaired) electrons. The summed E-state index contributed by atoms with van der Waals surface area (Å²) in [5, 5.41) is 0. The van der Waals surface area contributed by atoms with Gasteiger partial charge >= 0.3 is 0 Å². The normalized spacial score (nSPS) is 24.2. The van der Waals surface area contributed by atoms with Crippen LogP contribution in [0.5, 0.6) is 0 Å². The summed E-state index contributed by atoms with van der Waals surface area (Å²) in [4.78, 5) is 0.417. The second-order valence-corrected chi connectivity index (χ2v) is 5.48. The molecule has 0 saturated carbocycles. The molecule has 0 saturated heterocycles. The van der Waals surface area contributed by atoms with Gasteiger partial charge in [-0.2, -0.15) is 0 Å². The van der Waals surface area contributed by atoms with Gasteiger partial charge in [-0.1, -0.05) is 13.0 Å². The SMILES string of the molecule is CC1CS(=O)(=O)c2cc(N)ccc21. The van der Waals surface area contributed by atoms with E-state index < -0.39 is 9.84 Å². The molecule has 3 nitrogen and oxygen atoms in total. The topological polar surface area (TPSA) is 60.2 Å². The molecule has 1 unspecified atom stereocenters. The quantitative estimate of drug-likeness (QED) is 0.635. The molecule has 13 heavy (non-hydrogen) atoms. The van der Waals surface area contributed by atoms with Crippen LogP contribution in [0.1, 0.15) is 18.4 Å². The highest BCUT2D eigenvalue weighted by Gasteiger charge is 2.31. The van der Waals surface area contributed by atoms with Crippen LogP contribution in [0.2, 0.25) is 0 Å². The molecule has 70 valence electrons. The highest BCUT2D eigenvalue weighted by atomic mass is 32.2. The van der Waals surface area contributed by atoms with Gasteiger partial charge in [-0.3, -0.25) is 0 Å². The first kappa shape index (κ1) is 8.56. The largest absolute Gasteiger partial charge is 0.399 e. The highest BCUT2D eigenvalue weighted by Crippen LogP contribution is 2.35. The van der Waals surface area contributed by atoms with Crippen LogP contribution < -0.4 is 5.73 Å². The van der Waals surface area contributed by atoms with Gasteiger partial charge in [0.05, 0.1) is 10.6 Å². The van der Waals surface area contributed by atoms with Crippen molar-refractivity contribution in [1.29, 1.82) is 0 Å². The first-order chi connectivity index (χ1) is 6.00. The van der Waals surface area contributed by atoms with Crippen molar-refractivity contribution >= 4 is 15.5 Å². The van der Waals surface area contributed by atoms with E-state index in [2.05, 4.69) is 0 Å². The molecule has 1 aliphatic heterocycles. The number of anilines is 1. The molecule has 1 aromatic carbocycles. The lowest BCUT2D eigenvalue weighted by molar-refractivity contribution is 0.598. The second-order valence-electron chi connectivity index (χ2n) is 3.48. The zero-order valence-corrected chi connectivity index (χ0v) is 8.14. The molecule has 0 bridgehead atoms. The van der Waals surface area contributed by atoms with Crippen molar-refractivity contribution in [3.05, 3.63) is 23.8 Å². The lowest BCUT2D eigenvalue weighted by atomic mass is 10.0. The van der Waals surface area contributed by atoms with Gasteiger partial charge < -0.3 is 5.73 Å². The van der Waals surface area contributed by atoms with Gasteiger partial charge in [0.1, 0.15) is 0 Å². The zero-order valence-electron chi connectivity index (χ0n) is 7.32. The molecule has 1 aromatic rings. The van der Waals surface area contributed by atoms with E-state index in [0.29, 0.717) is 10.6 Å². The van der Waals surface area contributed by atoms with E-state index in [9.17, 15) is 8.42 Å². The molecule has 1 atom stereocenters. The summed E-state index contributed by atoms with van der Waals surface area (Å²) in [7, 11) is -3.06. The van der Waals surface area contributed by atoms with Crippen molar-refractivity contribution in [2.24, 2.45) is 0 Å². The Morgan fingerprint density at radius 1 is 1.46 bits per heavy atom. The van der Waals surface area contributed by atoms with Gasteiger partial charge in [0, 0.05) is 5.69 Å². The number of fused-ring (bicyclic) bond motifs is 1. The Bertz CT molecular complexity index is 451. The fourth-order valence-corrected chi connectivity index (χ4v) is 3.70. The summed E-state index contributed by atoms with van der Waals surface area (Å²) in [6.45, 7) is 1.92. The lowest BCUT2D eigenvalue weighted by Gasteiger charge is -2.01. The Morgan fingerprint density at radius 2 is 2.15 bits per heavy atom.